The highest BCUT2D eigenvalue weighted by Gasteiger charge is 2.02. The first-order chi connectivity index (χ1) is 5.81. The van der Waals surface area contributed by atoms with Crippen LogP contribution in [0.15, 0.2) is 4.99 Å². The standard InChI is InChI=1S/C5H11NO.C3H6N2/c1-6-2-4-7-5-3-6;1-2-5-3-4/h2-5H2,1H3;4H,2H2,1H3. The zero-order valence-corrected chi connectivity index (χ0v) is 7.84. The van der Waals surface area contributed by atoms with Crippen molar-refractivity contribution in [3.63, 3.8) is 0 Å². The summed E-state index contributed by atoms with van der Waals surface area (Å²) in [5.41, 5.74) is 0. The summed E-state index contributed by atoms with van der Waals surface area (Å²) in [7, 11) is 2.11. The van der Waals surface area contributed by atoms with Gasteiger partial charge in [-0.05, 0) is 14.0 Å². The fraction of sp³-hybridized carbons (Fsp3) is 0.875. The van der Waals surface area contributed by atoms with Crippen LogP contribution in [0.25, 0.3) is 0 Å². The number of nitrogens with one attached hydrogen (secondary N) is 1. The largest absolute Gasteiger partial charge is 0.379 e. The molecule has 0 amide bonds. The zero-order chi connectivity index (χ0) is 9.23. The monoisotopic (exact) mass is 171 g/mol. The van der Waals surface area contributed by atoms with Crippen LogP contribution in [0.5, 0.6) is 0 Å². The molecule has 1 N–H and O–H groups in total. The minimum atomic E-state index is 0.670. The van der Waals surface area contributed by atoms with Gasteiger partial charge in [0, 0.05) is 19.6 Å². The smallest absolute Gasteiger partial charge is 0.0861 e. The van der Waals surface area contributed by atoms with Gasteiger partial charge in [-0.3, -0.25) is 0 Å². The zero-order valence-electron chi connectivity index (χ0n) is 7.84. The van der Waals surface area contributed by atoms with Crippen LogP contribution < -0.4 is 0 Å². The number of hydrogen-bond donors (Lipinski definition) is 1. The molecule has 1 aliphatic heterocycles. The van der Waals surface area contributed by atoms with E-state index in [1.165, 1.54) is 0 Å². The maximum Gasteiger partial charge on any atom is 0.0861 e. The summed E-state index contributed by atoms with van der Waals surface area (Å²) in [4.78, 5) is 5.66. The lowest BCUT2D eigenvalue weighted by atomic mass is 10.5. The van der Waals surface area contributed by atoms with E-state index in [4.69, 9.17) is 10.1 Å². The van der Waals surface area contributed by atoms with E-state index in [-0.39, 0.29) is 0 Å². The number of hydrogen-bond acceptors (Lipinski definition) is 4. The Morgan fingerprint density at radius 2 is 2.08 bits per heavy atom. The minimum Gasteiger partial charge on any atom is -0.379 e. The van der Waals surface area contributed by atoms with Crippen molar-refractivity contribution in [1.82, 2.24) is 4.90 Å². The molecule has 1 saturated heterocycles. The van der Waals surface area contributed by atoms with Crippen molar-refractivity contribution in [2.24, 2.45) is 4.99 Å². The molecule has 0 aromatic carbocycles. The first-order valence-electron chi connectivity index (χ1n) is 4.15. The van der Waals surface area contributed by atoms with Crippen molar-refractivity contribution in [3.05, 3.63) is 0 Å². The first-order valence-corrected chi connectivity index (χ1v) is 4.15. The van der Waals surface area contributed by atoms with E-state index < -0.39 is 0 Å². The summed E-state index contributed by atoms with van der Waals surface area (Å²) in [6.07, 6.45) is 0. The molecular weight excluding hydrogens is 154 g/mol. The molecule has 0 bridgehead atoms. The van der Waals surface area contributed by atoms with Crippen LogP contribution in [0.4, 0.5) is 0 Å². The summed E-state index contributed by atoms with van der Waals surface area (Å²) in [5, 5.41) is 6.19. The predicted molar refractivity (Wildman–Crippen MR) is 49.0 cm³/mol. The van der Waals surface area contributed by atoms with Gasteiger partial charge in [-0.2, -0.15) is 0 Å². The molecule has 0 aliphatic carbocycles. The average Bonchev–Trinajstić information content (AvgIpc) is 2.08. The molecule has 1 aliphatic rings. The molecule has 0 aromatic heterocycles. The van der Waals surface area contributed by atoms with Crippen molar-refractivity contribution in [2.75, 3.05) is 39.9 Å². The molecule has 0 aromatic rings. The topological polar surface area (TPSA) is 48.7 Å². The Labute approximate surface area is 73.7 Å². The molecule has 4 nitrogen and oxygen atoms in total. The molecule has 1 rings (SSSR count). The second-order valence-electron chi connectivity index (χ2n) is 2.50. The van der Waals surface area contributed by atoms with Crippen molar-refractivity contribution < 1.29 is 4.74 Å². The molecule has 0 saturated carbocycles. The molecule has 0 radical (unpaired) electrons. The SMILES string of the molecule is CCN=C=N.CN1CCOCC1. The Balaban J connectivity index is 0.000000217. The van der Waals surface area contributed by atoms with Gasteiger partial charge in [0.25, 0.3) is 0 Å². The van der Waals surface area contributed by atoms with E-state index in [0.29, 0.717) is 6.54 Å². The van der Waals surface area contributed by atoms with E-state index >= 15 is 0 Å². The van der Waals surface area contributed by atoms with Gasteiger partial charge >= 0.3 is 0 Å². The molecule has 12 heavy (non-hydrogen) atoms. The normalized spacial score (nSPS) is 17.2. The van der Waals surface area contributed by atoms with E-state index in [0.717, 1.165) is 26.3 Å². The number of rotatable bonds is 1. The van der Waals surface area contributed by atoms with E-state index in [1.807, 2.05) is 12.9 Å². The predicted octanol–water partition coefficient (Wildman–Crippen LogP) is 0.707. The van der Waals surface area contributed by atoms with Gasteiger partial charge in [0.2, 0.25) is 0 Å². The van der Waals surface area contributed by atoms with Crippen molar-refractivity contribution in [2.45, 2.75) is 6.92 Å². The third kappa shape index (κ3) is 7.41. The molecule has 0 atom stereocenters. The summed E-state index contributed by atoms with van der Waals surface area (Å²) >= 11 is 0. The number of aliphatic imine (C=N–C) groups is 1. The second kappa shape index (κ2) is 8.40. The van der Waals surface area contributed by atoms with Crippen LogP contribution in [0.2, 0.25) is 0 Å². The molecule has 1 fully saturated rings. The molecule has 0 unspecified atom stereocenters. The molecule has 4 heteroatoms. The van der Waals surface area contributed by atoms with Crippen molar-refractivity contribution >= 4 is 6.01 Å². The second-order valence-corrected chi connectivity index (χ2v) is 2.50. The van der Waals surface area contributed by atoms with Crippen molar-refractivity contribution in [1.29, 1.82) is 5.41 Å². The first kappa shape index (κ1) is 11.3. The summed E-state index contributed by atoms with van der Waals surface area (Å²) < 4.78 is 5.10. The van der Waals surface area contributed by atoms with Gasteiger partial charge in [0.15, 0.2) is 0 Å². The van der Waals surface area contributed by atoms with Gasteiger partial charge in [0.1, 0.15) is 0 Å². The fourth-order valence-corrected chi connectivity index (χ4v) is 0.734. The van der Waals surface area contributed by atoms with Crippen LogP contribution in [0.3, 0.4) is 0 Å². The summed E-state index contributed by atoms with van der Waals surface area (Å²) in [6.45, 7) is 6.55. The van der Waals surface area contributed by atoms with E-state index in [9.17, 15) is 0 Å². The average molecular weight is 171 g/mol. The highest BCUT2D eigenvalue weighted by molar-refractivity contribution is 5.35. The third-order valence-corrected chi connectivity index (χ3v) is 1.47. The summed E-state index contributed by atoms with van der Waals surface area (Å²) in [5.74, 6) is 0. The lowest BCUT2D eigenvalue weighted by Gasteiger charge is -2.21. The Morgan fingerprint density at radius 3 is 2.25 bits per heavy atom. The molecular formula is C8H17N3O. The Kier molecular flexibility index (Phi) is 7.91. The van der Waals surface area contributed by atoms with Crippen LogP contribution >= 0.6 is 0 Å². The quantitative estimate of drug-likeness (QED) is 0.591. The summed E-state index contributed by atoms with van der Waals surface area (Å²) in [6, 6.07) is 1.89. The number of morpholine rings is 1. The van der Waals surface area contributed by atoms with Crippen LogP contribution in [-0.4, -0.2) is 50.8 Å². The molecule has 1 heterocycles. The number of ether oxygens (including phenoxy) is 1. The van der Waals surface area contributed by atoms with Gasteiger partial charge in [-0.15, -0.1) is 0 Å². The van der Waals surface area contributed by atoms with Gasteiger partial charge in [0.05, 0.1) is 19.2 Å². The Hall–Kier alpha value is -0.700. The van der Waals surface area contributed by atoms with Gasteiger partial charge in [-0.25, -0.2) is 10.4 Å². The van der Waals surface area contributed by atoms with Crippen LogP contribution in [-0.2, 0) is 4.74 Å². The maximum absolute atomic E-state index is 6.19. The lowest BCUT2D eigenvalue weighted by Crippen LogP contribution is -2.32. The minimum absolute atomic E-state index is 0.670. The Bertz CT molecular complexity index is 137. The maximum atomic E-state index is 6.19. The van der Waals surface area contributed by atoms with E-state index in [2.05, 4.69) is 16.9 Å². The molecule has 70 valence electrons. The molecule has 0 spiro atoms. The highest BCUT2D eigenvalue weighted by Crippen LogP contribution is 1.89. The van der Waals surface area contributed by atoms with Gasteiger partial charge in [-0.1, -0.05) is 0 Å². The lowest BCUT2D eigenvalue weighted by molar-refractivity contribution is 0.0503. The third-order valence-electron chi connectivity index (χ3n) is 1.47. The van der Waals surface area contributed by atoms with Gasteiger partial charge < -0.3 is 9.64 Å². The van der Waals surface area contributed by atoms with Crippen molar-refractivity contribution in [3.8, 4) is 0 Å². The van der Waals surface area contributed by atoms with Crippen LogP contribution in [0, 0.1) is 5.41 Å². The number of likely N-dealkylation sites (N-methyl/N-ethyl adjacent to an activating group) is 1. The van der Waals surface area contributed by atoms with E-state index in [1.54, 1.807) is 0 Å². The fourth-order valence-electron chi connectivity index (χ4n) is 0.734. The number of nitrogens with zero attached hydrogens (tertiary/aromatic N) is 2. The highest BCUT2D eigenvalue weighted by atomic mass is 16.5. The Morgan fingerprint density at radius 1 is 1.50 bits per heavy atom. The van der Waals surface area contributed by atoms with Crippen LogP contribution in [0.1, 0.15) is 6.92 Å².